The maximum Gasteiger partial charge on any atom is 0.137 e. The van der Waals surface area contributed by atoms with Crippen molar-refractivity contribution in [1.29, 1.82) is 0 Å². The lowest BCUT2D eigenvalue weighted by Crippen LogP contribution is -2.68. The molecule has 0 aromatic carbocycles. The number of methoxy groups -OCH3 is 1. The minimum Gasteiger partial charge on any atom is -0.390 e. The third-order valence-corrected chi connectivity index (χ3v) is 8.25. The van der Waals surface area contributed by atoms with Crippen LogP contribution in [0.15, 0.2) is 37.0 Å². The van der Waals surface area contributed by atoms with Gasteiger partial charge in [0.05, 0.1) is 24.2 Å². The second-order valence-corrected chi connectivity index (χ2v) is 11.7. The summed E-state index contributed by atoms with van der Waals surface area (Å²) < 4.78 is 45.8. The van der Waals surface area contributed by atoms with E-state index in [1.165, 1.54) is 5.57 Å². The van der Waals surface area contributed by atoms with E-state index < -0.39 is 33.7 Å². The van der Waals surface area contributed by atoms with Crippen LogP contribution in [0.5, 0.6) is 0 Å². The molecule has 10 heteroatoms. The molecule has 6 unspecified atom stereocenters. The zero-order chi connectivity index (χ0) is 24.7. The highest BCUT2D eigenvalue weighted by Crippen LogP contribution is 2.54. The maximum atomic E-state index is 11.8. The third kappa shape index (κ3) is 8.72. The van der Waals surface area contributed by atoms with Gasteiger partial charge in [-0.1, -0.05) is 24.8 Å². The molecule has 1 saturated carbocycles. The third-order valence-electron chi connectivity index (χ3n) is 5.93. The van der Waals surface area contributed by atoms with E-state index in [-0.39, 0.29) is 22.9 Å². The molecule has 2 aliphatic rings. The Morgan fingerprint density at radius 3 is 2.19 bits per heavy atom. The minimum absolute atomic E-state index is 0.0304. The van der Waals surface area contributed by atoms with E-state index in [2.05, 4.69) is 40.0 Å². The molecular weight excluding hydrogens is 460 g/mol. The first-order valence-electron chi connectivity index (χ1n) is 10.4. The summed E-state index contributed by atoms with van der Waals surface area (Å²) in [5, 5.41) is 22.4. The number of aliphatic hydroxyl groups is 2. The van der Waals surface area contributed by atoms with Crippen LogP contribution in [0.4, 0.5) is 0 Å². The van der Waals surface area contributed by atoms with Gasteiger partial charge in [-0.2, -0.15) is 0 Å². The largest absolute Gasteiger partial charge is 0.390 e. The Morgan fingerprint density at radius 2 is 1.75 bits per heavy atom. The van der Waals surface area contributed by atoms with Gasteiger partial charge in [0.15, 0.2) is 0 Å². The van der Waals surface area contributed by atoms with Crippen molar-refractivity contribution >= 4 is 10.9 Å². The zero-order valence-corrected chi connectivity index (χ0v) is 20.9. The van der Waals surface area contributed by atoms with Crippen LogP contribution >= 0.6 is 0 Å². The van der Waals surface area contributed by atoms with Crippen molar-refractivity contribution in [3.8, 4) is 0 Å². The Labute approximate surface area is 196 Å². The van der Waals surface area contributed by atoms with E-state index in [1.807, 2.05) is 12.2 Å². The van der Waals surface area contributed by atoms with E-state index in [1.54, 1.807) is 7.11 Å². The summed E-state index contributed by atoms with van der Waals surface area (Å²) in [6.07, 6.45) is 6.98. The molecular formula is C22H37ClO8S. The molecule has 1 saturated heterocycles. The van der Waals surface area contributed by atoms with Gasteiger partial charge in [0.25, 0.3) is 0 Å². The van der Waals surface area contributed by atoms with Crippen LogP contribution in [0.3, 0.4) is 0 Å². The van der Waals surface area contributed by atoms with E-state index in [0.29, 0.717) is 18.6 Å². The van der Waals surface area contributed by atoms with Gasteiger partial charge in [-0.25, -0.2) is 18.6 Å². The lowest BCUT2D eigenvalue weighted by molar-refractivity contribution is -2.00. The second kappa shape index (κ2) is 12.3. The lowest BCUT2D eigenvalue weighted by atomic mass is 9.66. The lowest BCUT2D eigenvalue weighted by Gasteiger charge is -2.47. The van der Waals surface area contributed by atoms with Crippen molar-refractivity contribution in [2.75, 3.05) is 24.4 Å². The number of epoxide rings is 1. The molecule has 2 fully saturated rings. The van der Waals surface area contributed by atoms with Gasteiger partial charge in [0.2, 0.25) is 0 Å². The molecule has 0 aromatic rings. The highest BCUT2D eigenvalue weighted by Gasteiger charge is 2.68. The summed E-state index contributed by atoms with van der Waals surface area (Å²) in [6.45, 7) is 14.0. The van der Waals surface area contributed by atoms with Crippen molar-refractivity contribution in [3.63, 3.8) is 0 Å². The standard InChI is InChI=1S/C22H37O4S.ClHO4/c1-7-13-27(14-8-2)15-22(24)12-11-17(23)19(25-6)20(22)21(5)18(26-21)10-9-16(3)4;2-1(3,4)5/h7-9,17-20,23-24H,1-2,10-15H2,3-6H3;(H,2,3,4,5)/q+1;/p-1. The number of allylic oxidation sites excluding steroid dienone is 1. The average Bonchev–Trinajstić information content (AvgIpc) is 3.31. The number of hydrogen-bond donors (Lipinski definition) is 2. The molecule has 2 rings (SSSR count). The molecule has 186 valence electrons. The number of halogens is 1. The smallest absolute Gasteiger partial charge is 0.137 e. The number of hydrogen-bond acceptors (Lipinski definition) is 8. The summed E-state index contributed by atoms with van der Waals surface area (Å²) >= 11 is 0. The van der Waals surface area contributed by atoms with Gasteiger partial charge in [-0.3, -0.25) is 0 Å². The molecule has 1 aliphatic carbocycles. The second-order valence-electron chi connectivity index (χ2n) is 8.74. The summed E-state index contributed by atoms with van der Waals surface area (Å²) in [7, 11) is -3.35. The van der Waals surface area contributed by atoms with Crippen LogP contribution in [-0.2, 0) is 20.4 Å². The van der Waals surface area contributed by atoms with Crippen LogP contribution in [0.1, 0.15) is 40.0 Å². The Morgan fingerprint density at radius 1 is 1.22 bits per heavy atom. The number of rotatable bonds is 10. The van der Waals surface area contributed by atoms with Gasteiger partial charge in [-0.15, -0.1) is 10.2 Å². The SMILES string of the molecule is C=CC[S+](CC=C)CC1(O)CCC(O)C(OC)C1C1(C)OC1CC=C(C)C.[O-][Cl+3]([O-])([O-])[O-]. The highest BCUT2D eigenvalue weighted by molar-refractivity contribution is 7.97. The predicted molar refractivity (Wildman–Crippen MR) is 114 cm³/mol. The normalized spacial score (nSPS) is 34.3. The Hall–Kier alpha value is -0.460. The Bertz CT molecular complexity index is 634. The molecule has 0 amide bonds. The van der Waals surface area contributed by atoms with Gasteiger partial charge in [-0.05, 0) is 63.1 Å². The number of ether oxygens (including phenoxy) is 2. The van der Waals surface area contributed by atoms with Crippen molar-refractivity contribution in [2.45, 2.75) is 69.5 Å². The first kappa shape index (κ1) is 29.6. The maximum absolute atomic E-state index is 11.8. The molecule has 1 aliphatic heterocycles. The fourth-order valence-electron chi connectivity index (χ4n) is 4.60. The van der Waals surface area contributed by atoms with Crippen molar-refractivity contribution in [3.05, 3.63) is 37.0 Å². The predicted octanol–water partition coefficient (Wildman–Crippen LogP) is -1.75. The summed E-state index contributed by atoms with van der Waals surface area (Å²) in [6, 6.07) is 0. The van der Waals surface area contributed by atoms with E-state index in [0.717, 1.165) is 17.9 Å². The minimum atomic E-state index is -4.94. The highest BCUT2D eigenvalue weighted by atomic mass is 35.7. The molecule has 0 radical (unpaired) electrons. The van der Waals surface area contributed by atoms with Gasteiger partial charge in [0.1, 0.15) is 28.5 Å². The van der Waals surface area contributed by atoms with Crippen molar-refractivity contribution in [1.82, 2.24) is 0 Å². The molecule has 0 aromatic heterocycles. The molecule has 32 heavy (non-hydrogen) atoms. The summed E-state index contributed by atoms with van der Waals surface area (Å²) in [5.41, 5.74) is -0.155. The quantitative estimate of drug-likeness (QED) is 0.205. The van der Waals surface area contributed by atoms with Crippen molar-refractivity contribution < 1.29 is 48.6 Å². The van der Waals surface area contributed by atoms with Crippen molar-refractivity contribution in [2.24, 2.45) is 5.92 Å². The van der Waals surface area contributed by atoms with Crippen LogP contribution in [0.25, 0.3) is 0 Å². The van der Waals surface area contributed by atoms with Gasteiger partial charge < -0.3 is 19.7 Å². The Balaban J connectivity index is 0.000000920. The molecule has 0 bridgehead atoms. The number of aliphatic hydroxyl groups excluding tert-OH is 1. The molecule has 0 spiro atoms. The van der Waals surface area contributed by atoms with Crippen LogP contribution in [0, 0.1) is 16.2 Å². The van der Waals surface area contributed by atoms with E-state index in [4.69, 9.17) is 28.1 Å². The topological polar surface area (TPSA) is 154 Å². The first-order valence-corrected chi connectivity index (χ1v) is 13.4. The molecule has 2 N–H and O–H groups in total. The zero-order valence-electron chi connectivity index (χ0n) is 19.3. The van der Waals surface area contributed by atoms with E-state index in [9.17, 15) is 10.2 Å². The molecule has 1 heterocycles. The van der Waals surface area contributed by atoms with Crippen LogP contribution < -0.4 is 18.6 Å². The monoisotopic (exact) mass is 496 g/mol. The van der Waals surface area contributed by atoms with Gasteiger partial charge in [0, 0.05) is 7.11 Å². The summed E-state index contributed by atoms with van der Waals surface area (Å²) in [4.78, 5) is 0. The van der Waals surface area contributed by atoms with Crippen LogP contribution in [0.2, 0.25) is 0 Å². The summed E-state index contributed by atoms with van der Waals surface area (Å²) in [5.74, 6) is 2.12. The Kier molecular flexibility index (Phi) is 11.4. The van der Waals surface area contributed by atoms with Gasteiger partial charge >= 0.3 is 0 Å². The average molecular weight is 497 g/mol. The fourth-order valence-corrected chi connectivity index (χ4v) is 6.67. The molecule has 8 nitrogen and oxygen atoms in total. The first-order chi connectivity index (χ1) is 14.7. The molecule has 6 atom stereocenters. The van der Waals surface area contributed by atoms with Crippen LogP contribution in [-0.4, -0.2) is 64.1 Å². The van der Waals surface area contributed by atoms with E-state index >= 15 is 0 Å². The fraction of sp³-hybridized carbons (Fsp3) is 0.727.